The van der Waals surface area contributed by atoms with Crippen molar-refractivity contribution < 1.29 is 0 Å². The summed E-state index contributed by atoms with van der Waals surface area (Å²) >= 11 is 0. The van der Waals surface area contributed by atoms with E-state index in [1.165, 1.54) is 19.3 Å². The van der Waals surface area contributed by atoms with Crippen molar-refractivity contribution in [2.24, 2.45) is 5.92 Å². The Morgan fingerprint density at radius 1 is 1.31 bits per heavy atom. The van der Waals surface area contributed by atoms with Crippen molar-refractivity contribution in [3.8, 4) is 0 Å². The monoisotopic (exact) mass is 223 g/mol. The average Bonchev–Trinajstić information content (AvgIpc) is 2.80. The van der Waals surface area contributed by atoms with Crippen LogP contribution >= 0.6 is 0 Å². The minimum absolute atomic E-state index is 0.665. The van der Waals surface area contributed by atoms with Crippen LogP contribution in [0.25, 0.3) is 0 Å². The van der Waals surface area contributed by atoms with E-state index in [2.05, 4.69) is 35.6 Å². The van der Waals surface area contributed by atoms with Crippen LogP contribution in [0.5, 0.6) is 0 Å². The van der Waals surface area contributed by atoms with Gasteiger partial charge in [-0.15, -0.1) is 0 Å². The number of aromatic nitrogens is 2. The van der Waals surface area contributed by atoms with Gasteiger partial charge in [0.15, 0.2) is 0 Å². The molecule has 1 aromatic heterocycles. The molecule has 2 unspecified atom stereocenters. The van der Waals surface area contributed by atoms with Crippen LogP contribution in [0.4, 0.5) is 0 Å². The molecule has 0 saturated heterocycles. The Morgan fingerprint density at radius 3 is 2.69 bits per heavy atom. The summed E-state index contributed by atoms with van der Waals surface area (Å²) in [6.45, 7) is 8.91. The molecule has 16 heavy (non-hydrogen) atoms. The fraction of sp³-hybridized carbons (Fsp3) is 0.769. The molecule has 2 atom stereocenters. The molecule has 0 spiro atoms. The van der Waals surface area contributed by atoms with Crippen molar-refractivity contribution in [2.75, 3.05) is 6.54 Å². The van der Waals surface area contributed by atoms with E-state index in [-0.39, 0.29) is 0 Å². The summed E-state index contributed by atoms with van der Waals surface area (Å²) in [6, 6.07) is 0.665. The van der Waals surface area contributed by atoms with Gasteiger partial charge < -0.3 is 9.88 Å². The molecule has 92 valence electrons. The number of nitrogens with zero attached hydrogens (tertiary/aromatic N) is 2. The highest BCUT2D eigenvalue weighted by Gasteiger charge is 2.09. The van der Waals surface area contributed by atoms with Crippen molar-refractivity contribution in [1.29, 1.82) is 0 Å². The van der Waals surface area contributed by atoms with E-state index in [0.717, 1.165) is 19.0 Å². The van der Waals surface area contributed by atoms with E-state index in [4.69, 9.17) is 0 Å². The van der Waals surface area contributed by atoms with Gasteiger partial charge in [-0.1, -0.05) is 27.2 Å². The van der Waals surface area contributed by atoms with Crippen molar-refractivity contribution in [1.82, 2.24) is 14.9 Å². The standard InChI is InChI=1S/C13H25N3/c1-4-12(3)10-13(5-2)15-7-9-16-8-6-14-11-16/h6,8,11-13,15H,4-5,7,9-10H2,1-3H3. The molecular formula is C13H25N3. The quantitative estimate of drug-likeness (QED) is 0.734. The first-order valence-electron chi connectivity index (χ1n) is 6.45. The maximum Gasteiger partial charge on any atom is 0.0946 e. The summed E-state index contributed by atoms with van der Waals surface area (Å²) in [5.41, 5.74) is 0. The summed E-state index contributed by atoms with van der Waals surface area (Å²) in [5.74, 6) is 0.825. The van der Waals surface area contributed by atoms with Crippen LogP contribution in [0.2, 0.25) is 0 Å². The summed E-state index contributed by atoms with van der Waals surface area (Å²) in [7, 11) is 0. The van der Waals surface area contributed by atoms with Crippen molar-refractivity contribution in [3.05, 3.63) is 18.7 Å². The van der Waals surface area contributed by atoms with E-state index in [0.29, 0.717) is 6.04 Å². The minimum Gasteiger partial charge on any atom is -0.336 e. The van der Waals surface area contributed by atoms with Gasteiger partial charge in [0, 0.05) is 31.5 Å². The van der Waals surface area contributed by atoms with Crippen LogP contribution in [0, 0.1) is 5.92 Å². The SMILES string of the molecule is CCC(C)CC(CC)NCCn1ccnc1. The molecule has 3 nitrogen and oxygen atoms in total. The highest BCUT2D eigenvalue weighted by atomic mass is 15.0. The maximum atomic E-state index is 4.04. The van der Waals surface area contributed by atoms with Crippen molar-refractivity contribution >= 4 is 0 Å². The molecule has 3 heteroatoms. The molecule has 0 aromatic carbocycles. The first-order valence-corrected chi connectivity index (χ1v) is 6.45. The summed E-state index contributed by atoms with van der Waals surface area (Å²) in [4.78, 5) is 4.04. The molecule has 0 saturated carbocycles. The first-order chi connectivity index (χ1) is 7.76. The topological polar surface area (TPSA) is 29.9 Å². The second-order valence-electron chi connectivity index (χ2n) is 4.61. The molecule has 1 aromatic rings. The number of rotatable bonds is 8. The second-order valence-corrected chi connectivity index (χ2v) is 4.61. The van der Waals surface area contributed by atoms with Gasteiger partial charge in [-0.2, -0.15) is 0 Å². The maximum absolute atomic E-state index is 4.04. The van der Waals surface area contributed by atoms with Gasteiger partial charge >= 0.3 is 0 Å². The van der Waals surface area contributed by atoms with Crippen molar-refractivity contribution in [3.63, 3.8) is 0 Å². The zero-order chi connectivity index (χ0) is 11.8. The lowest BCUT2D eigenvalue weighted by molar-refractivity contribution is 0.379. The Hall–Kier alpha value is -0.830. The number of imidazole rings is 1. The van der Waals surface area contributed by atoms with E-state index >= 15 is 0 Å². The Bertz CT molecular complexity index is 256. The fourth-order valence-electron chi connectivity index (χ4n) is 1.86. The summed E-state index contributed by atoms with van der Waals surface area (Å²) in [6.07, 6.45) is 9.50. The Labute approximate surface area is 99.3 Å². The third kappa shape index (κ3) is 4.79. The normalized spacial score (nSPS) is 14.9. The summed E-state index contributed by atoms with van der Waals surface area (Å²) < 4.78 is 2.11. The number of hydrogen-bond donors (Lipinski definition) is 1. The highest BCUT2D eigenvalue weighted by Crippen LogP contribution is 2.11. The Morgan fingerprint density at radius 2 is 2.12 bits per heavy atom. The van der Waals surface area contributed by atoms with Gasteiger partial charge in [-0.05, 0) is 18.8 Å². The molecule has 0 fully saturated rings. The molecule has 0 amide bonds. The third-order valence-electron chi connectivity index (χ3n) is 3.24. The molecule has 1 heterocycles. The van der Waals surface area contributed by atoms with Crippen LogP contribution < -0.4 is 5.32 Å². The first kappa shape index (κ1) is 13.2. The minimum atomic E-state index is 0.665. The molecule has 0 aliphatic carbocycles. The fourth-order valence-corrected chi connectivity index (χ4v) is 1.86. The van der Waals surface area contributed by atoms with Gasteiger partial charge in [-0.25, -0.2) is 4.98 Å². The lowest BCUT2D eigenvalue weighted by Gasteiger charge is -2.20. The van der Waals surface area contributed by atoms with E-state index in [9.17, 15) is 0 Å². The zero-order valence-corrected chi connectivity index (χ0v) is 10.8. The van der Waals surface area contributed by atoms with Gasteiger partial charge in [0.05, 0.1) is 6.33 Å². The van der Waals surface area contributed by atoms with Crippen molar-refractivity contribution in [2.45, 2.75) is 52.6 Å². The third-order valence-corrected chi connectivity index (χ3v) is 3.24. The van der Waals surface area contributed by atoms with E-state index < -0.39 is 0 Å². The van der Waals surface area contributed by atoms with Crippen LogP contribution in [-0.4, -0.2) is 22.1 Å². The number of hydrogen-bond acceptors (Lipinski definition) is 2. The lowest BCUT2D eigenvalue weighted by Crippen LogP contribution is -2.32. The van der Waals surface area contributed by atoms with Gasteiger partial charge in [-0.3, -0.25) is 0 Å². The molecular weight excluding hydrogens is 198 g/mol. The predicted octanol–water partition coefficient (Wildman–Crippen LogP) is 2.69. The van der Waals surface area contributed by atoms with Gasteiger partial charge in [0.2, 0.25) is 0 Å². The molecule has 0 bridgehead atoms. The molecule has 0 aliphatic rings. The van der Waals surface area contributed by atoms with Crippen LogP contribution in [-0.2, 0) is 6.54 Å². The van der Waals surface area contributed by atoms with Crippen LogP contribution in [0.15, 0.2) is 18.7 Å². The Kier molecular flexibility index (Phi) is 6.16. The largest absolute Gasteiger partial charge is 0.336 e. The highest BCUT2D eigenvalue weighted by molar-refractivity contribution is 4.75. The van der Waals surface area contributed by atoms with Crippen LogP contribution in [0.1, 0.15) is 40.0 Å². The molecule has 1 rings (SSSR count). The van der Waals surface area contributed by atoms with E-state index in [1.54, 1.807) is 0 Å². The molecule has 1 N–H and O–H groups in total. The van der Waals surface area contributed by atoms with Crippen LogP contribution in [0.3, 0.4) is 0 Å². The smallest absolute Gasteiger partial charge is 0.0946 e. The van der Waals surface area contributed by atoms with Gasteiger partial charge in [0.1, 0.15) is 0 Å². The zero-order valence-electron chi connectivity index (χ0n) is 10.8. The predicted molar refractivity (Wildman–Crippen MR) is 68.4 cm³/mol. The lowest BCUT2D eigenvalue weighted by atomic mass is 9.98. The molecule has 0 aliphatic heterocycles. The van der Waals surface area contributed by atoms with E-state index in [1.807, 2.05) is 18.7 Å². The number of nitrogens with one attached hydrogen (secondary N) is 1. The Balaban J connectivity index is 2.18. The summed E-state index contributed by atoms with van der Waals surface area (Å²) in [5, 5.41) is 3.62. The average molecular weight is 223 g/mol. The molecule has 0 radical (unpaired) electrons. The second kappa shape index (κ2) is 7.44. The van der Waals surface area contributed by atoms with Gasteiger partial charge in [0.25, 0.3) is 0 Å².